The minimum atomic E-state index is -0.316. The van der Waals surface area contributed by atoms with Crippen molar-refractivity contribution >= 4 is 39.1 Å². The molecule has 0 spiro atoms. The van der Waals surface area contributed by atoms with Crippen molar-refractivity contribution in [2.45, 2.75) is 5.33 Å². The molecule has 0 saturated carbocycles. The first-order chi connectivity index (χ1) is 8.19. The van der Waals surface area contributed by atoms with Crippen molar-refractivity contribution in [3.63, 3.8) is 0 Å². The van der Waals surface area contributed by atoms with Crippen LogP contribution >= 0.6 is 27.5 Å². The fourth-order valence-corrected chi connectivity index (χ4v) is 1.83. The van der Waals surface area contributed by atoms with E-state index in [2.05, 4.69) is 21.2 Å². The van der Waals surface area contributed by atoms with Gasteiger partial charge in [-0.2, -0.15) is 0 Å². The van der Waals surface area contributed by atoms with Gasteiger partial charge in [0, 0.05) is 11.0 Å². The van der Waals surface area contributed by atoms with Crippen molar-refractivity contribution in [2.24, 2.45) is 0 Å². The zero-order valence-electron chi connectivity index (χ0n) is 8.74. The van der Waals surface area contributed by atoms with E-state index in [1.807, 2.05) is 24.3 Å². The number of furan rings is 1. The number of nitrogens with one attached hydrogen (secondary N) is 1. The van der Waals surface area contributed by atoms with Crippen molar-refractivity contribution < 1.29 is 9.21 Å². The predicted molar refractivity (Wildman–Crippen MR) is 70.7 cm³/mol. The molecule has 0 atom stereocenters. The fourth-order valence-electron chi connectivity index (χ4n) is 1.31. The van der Waals surface area contributed by atoms with Crippen LogP contribution in [0.3, 0.4) is 0 Å². The standard InChI is InChI=1S/C12H9BrClNO2/c13-7-8-1-3-9(4-2-8)15-12(16)10-5-6-11(14)17-10/h1-6H,7H2,(H,15,16). The SMILES string of the molecule is O=C(Nc1ccc(CBr)cc1)c1ccc(Cl)o1. The Labute approximate surface area is 112 Å². The molecule has 1 aromatic carbocycles. The largest absolute Gasteiger partial charge is 0.440 e. The topological polar surface area (TPSA) is 42.2 Å². The third-order valence-electron chi connectivity index (χ3n) is 2.16. The van der Waals surface area contributed by atoms with E-state index in [1.165, 1.54) is 12.1 Å². The minimum Gasteiger partial charge on any atom is -0.440 e. The maximum atomic E-state index is 11.7. The van der Waals surface area contributed by atoms with Crippen LogP contribution in [0.4, 0.5) is 5.69 Å². The van der Waals surface area contributed by atoms with Gasteiger partial charge in [-0.25, -0.2) is 0 Å². The van der Waals surface area contributed by atoms with Crippen molar-refractivity contribution in [1.29, 1.82) is 0 Å². The highest BCUT2D eigenvalue weighted by Gasteiger charge is 2.10. The molecule has 0 aliphatic carbocycles. The van der Waals surface area contributed by atoms with Gasteiger partial charge >= 0.3 is 0 Å². The molecule has 3 nitrogen and oxygen atoms in total. The third kappa shape index (κ3) is 3.11. The van der Waals surface area contributed by atoms with E-state index in [4.69, 9.17) is 16.0 Å². The Kier molecular flexibility index (Phi) is 3.86. The number of carbonyl (C=O) groups is 1. The molecule has 0 radical (unpaired) electrons. The van der Waals surface area contributed by atoms with Crippen LogP contribution in [0.5, 0.6) is 0 Å². The molecular weight excluding hydrogens is 305 g/mol. The van der Waals surface area contributed by atoms with Crippen LogP contribution in [0.15, 0.2) is 40.8 Å². The summed E-state index contributed by atoms with van der Waals surface area (Å²) in [5, 5.41) is 3.70. The number of benzene rings is 1. The fraction of sp³-hybridized carbons (Fsp3) is 0.0833. The lowest BCUT2D eigenvalue weighted by molar-refractivity contribution is 0.0997. The minimum absolute atomic E-state index is 0.194. The molecule has 0 fully saturated rings. The second-order valence-corrected chi connectivity index (χ2v) is 4.32. The number of carbonyl (C=O) groups excluding carboxylic acids is 1. The highest BCUT2D eigenvalue weighted by Crippen LogP contribution is 2.16. The van der Waals surface area contributed by atoms with Crippen LogP contribution in [0.25, 0.3) is 0 Å². The van der Waals surface area contributed by atoms with E-state index >= 15 is 0 Å². The third-order valence-corrected chi connectivity index (χ3v) is 3.01. The molecule has 0 bridgehead atoms. The Morgan fingerprint density at radius 1 is 1.24 bits per heavy atom. The van der Waals surface area contributed by atoms with Crippen LogP contribution in [-0.4, -0.2) is 5.91 Å². The van der Waals surface area contributed by atoms with Gasteiger partial charge in [-0.05, 0) is 41.4 Å². The Morgan fingerprint density at radius 2 is 1.94 bits per heavy atom. The maximum Gasteiger partial charge on any atom is 0.291 e. The van der Waals surface area contributed by atoms with Gasteiger partial charge in [0.2, 0.25) is 0 Å². The van der Waals surface area contributed by atoms with Gasteiger partial charge in [0.15, 0.2) is 11.0 Å². The number of rotatable bonds is 3. The van der Waals surface area contributed by atoms with Gasteiger partial charge in [-0.1, -0.05) is 28.1 Å². The first kappa shape index (κ1) is 12.2. The zero-order valence-corrected chi connectivity index (χ0v) is 11.1. The molecule has 88 valence electrons. The summed E-state index contributed by atoms with van der Waals surface area (Å²) in [4.78, 5) is 11.7. The molecule has 0 unspecified atom stereocenters. The number of hydrogen-bond acceptors (Lipinski definition) is 2. The number of alkyl halides is 1. The van der Waals surface area contributed by atoms with Crippen LogP contribution in [0, 0.1) is 0 Å². The average Bonchev–Trinajstić information content (AvgIpc) is 2.77. The molecule has 1 N–H and O–H groups in total. The molecular formula is C12H9BrClNO2. The second-order valence-electron chi connectivity index (χ2n) is 3.39. The van der Waals surface area contributed by atoms with Gasteiger partial charge in [-0.3, -0.25) is 4.79 Å². The summed E-state index contributed by atoms with van der Waals surface area (Å²) in [7, 11) is 0. The Bertz CT molecular complexity index is 522. The van der Waals surface area contributed by atoms with E-state index in [0.717, 1.165) is 10.9 Å². The predicted octanol–water partition coefficient (Wildman–Crippen LogP) is 4.08. The van der Waals surface area contributed by atoms with Crippen molar-refractivity contribution in [2.75, 3.05) is 5.32 Å². The number of amides is 1. The first-order valence-electron chi connectivity index (χ1n) is 4.90. The van der Waals surface area contributed by atoms with Gasteiger partial charge in [-0.15, -0.1) is 0 Å². The smallest absolute Gasteiger partial charge is 0.291 e. The van der Waals surface area contributed by atoms with Crippen molar-refractivity contribution in [3.8, 4) is 0 Å². The van der Waals surface area contributed by atoms with Gasteiger partial charge in [0.05, 0.1) is 0 Å². The summed E-state index contributed by atoms with van der Waals surface area (Å²) < 4.78 is 5.01. The summed E-state index contributed by atoms with van der Waals surface area (Å²) >= 11 is 8.95. The van der Waals surface area contributed by atoms with Crippen molar-refractivity contribution in [1.82, 2.24) is 0 Å². The molecule has 17 heavy (non-hydrogen) atoms. The Hall–Kier alpha value is -1.26. The van der Waals surface area contributed by atoms with E-state index in [9.17, 15) is 4.79 Å². The summed E-state index contributed by atoms with van der Waals surface area (Å²) in [5.41, 5.74) is 1.86. The van der Waals surface area contributed by atoms with E-state index < -0.39 is 0 Å². The molecule has 1 aromatic heterocycles. The van der Waals surface area contributed by atoms with E-state index in [-0.39, 0.29) is 16.9 Å². The maximum absolute atomic E-state index is 11.7. The highest BCUT2D eigenvalue weighted by atomic mass is 79.9. The number of anilines is 1. The summed E-state index contributed by atoms with van der Waals surface area (Å²) in [6.07, 6.45) is 0. The van der Waals surface area contributed by atoms with Crippen LogP contribution in [-0.2, 0) is 5.33 Å². The van der Waals surface area contributed by atoms with E-state index in [0.29, 0.717) is 5.69 Å². The van der Waals surface area contributed by atoms with Gasteiger partial charge in [0.1, 0.15) is 0 Å². The second kappa shape index (κ2) is 5.38. The van der Waals surface area contributed by atoms with Crippen LogP contribution in [0.1, 0.15) is 16.1 Å². The first-order valence-corrected chi connectivity index (χ1v) is 6.40. The molecule has 0 aliphatic heterocycles. The number of hydrogen-bond donors (Lipinski definition) is 1. The van der Waals surface area contributed by atoms with Crippen LogP contribution < -0.4 is 5.32 Å². The van der Waals surface area contributed by atoms with Gasteiger partial charge in [0.25, 0.3) is 5.91 Å². The number of halogens is 2. The lowest BCUT2D eigenvalue weighted by atomic mass is 10.2. The normalized spacial score (nSPS) is 10.2. The molecule has 2 aromatic rings. The quantitative estimate of drug-likeness (QED) is 0.867. The lowest BCUT2D eigenvalue weighted by Crippen LogP contribution is -2.10. The molecule has 2 rings (SSSR count). The Balaban J connectivity index is 2.07. The monoisotopic (exact) mass is 313 g/mol. The zero-order chi connectivity index (χ0) is 12.3. The molecule has 0 saturated heterocycles. The average molecular weight is 315 g/mol. The van der Waals surface area contributed by atoms with Crippen molar-refractivity contribution in [3.05, 3.63) is 52.9 Å². The Morgan fingerprint density at radius 3 is 2.47 bits per heavy atom. The molecule has 1 heterocycles. The van der Waals surface area contributed by atoms with E-state index in [1.54, 1.807) is 0 Å². The highest BCUT2D eigenvalue weighted by molar-refractivity contribution is 9.08. The molecule has 0 aliphatic rings. The summed E-state index contributed by atoms with van der Waals surface area (Å²) in [5.74, 6) is -0.122. The molecule has 5 heteroatoms. The summed E-state index contributed by atoms with van der Waals surface area (Å²) in [6, 6.07) is 10.6. The summed E-state index contributed by atoms with van der Waals surface area (Å²) in [6.45, 7) is 0. The lowest BCUT2D eigenvalue weighted by Gasteiger charge is -2.03. The molecule has 1 amide bonds. The van der Waals surface area contributed by atoms with Gasteiger partial charge < -0.3 is 9.73 Å². The van der Waals surface area contributed by atoms with Crippen LogP contribution in [0.2, 0.25) is 5.22 Å².